The molecule has 148 valence electrons. The molecule has 0 saturated carbocycles. The number of nitrogens with one attached hydrogen (secondary N) is 2. The number of carbonyl (C=O) groups excluding carboxylic acids is 1. The van der Waals surface area contributed by atoms with Gasteiger partial charge in [-0.3, -0.25) is 9.89 Å². The summed E-state index contributed by atoms with van der Waals surface area (Å²) in [6.07, 6.45) is 1.12. The van der Waals surface area contributed by atoms with Crippen LogP contribution in [-0.4, -0.2) is 35.8 Å². The molecule has 9 heteroatoms. The van der Waals surface area contributed by atoms with E-state index in [0.717, 1.165) is 11.8 Å². The zero-order chi connectivity index (χ0) is 20.6. The number of amides is 1. The quantitative estimate of drug-likeness (QED) is 0.521. The number of anilines is 1. The van der Waals surface area contributed by atoms with Gasteiger partial charge in [-0.05, 0) is 37.3 Å². The molecule has 1 amide bonds. The minimum Gasteiger partial charge on any atom is -0.451 e. The first-order valence-corrected chi connectivity index (χ1v) is 10.8. The van der Waals surface area contributed by atoms with Crippen LogP contribution in [0, 0.1) is 6.92 Å². The van der Waals surface area contributed by atoms with E-state index in [-0.39, 0.29) is 11.5 Å². The first-order chi connectivity index (χ1) is 13.8. The highest BCUT2D eigenvalue weighted by Gasteiger charge is 2.23. The lowest BCUT2D eigenvalue weighted by molar-refractivity contribution is 0.0998. The standard InChI is InChI=1S/C20H18N4O4S/c1-12-21-19(24-23-12)13-7-9-14(10-8-13)22-20(25)18-16(11-29(2,26)27)15-5-3-4-6-17(15)28-18/h3-10H,11H2,1-2H3,(H,22,25)(H,21,23,24). The van der Waals surface area contributed by atoms with Crippen LogP contribution in [0.4, 0.5) is 5.69 Å². The largest absolute Gasteiger partial charge is 0.451 e. The fourth-order valence-corrected chi connectivity index (χ4v) is 3.86. The second kappa shape index (κ2) is 7.17. The molecule has 0 aliphatic rings. The molecule has 0 bridgehead atoms. The summed E-state index contributed by atoms with van der Waals surface area (Å²) in [6.45, 7) is 1.81. The summed E-state index contributed by atoms with van der Waals surface area (Å²) in [5, 5.41) is 10.2. The van der Waals surface area contributed by atoms with Gasteiger partial charge in [0.2, 0.25) is 0 Å². The number of sulfone groups is 1. The second-order valence-corrected chi connectivity index (χ2v) is 8.89. The lowest BCUT2D eigenvalue weighted by Crippen LogP contribution is -2.14. The molecule has 2 heterocycles. The third-order valence-corrected chi connectivity index (χ3v) is 5.12. The number of hydrogen-bond acceptors (Lipinski definition) is 6. The Morgan fingerprint density at radius 3 is 2.52 bits per heavy atom. The van der Waals surface area contributed by atoms with E-state index in [1.165, 1.54) is 0 Å². The molecule has 2 N–H and O–H groups in total. The molecular weight excluding hydrogens is 392 g/mol. The zero-order valence-corrected chi connectivity index (χ0v) is 16.6. The highest BCUT2D eigenvalue weighted by molar-refractivity contribution is 7.89. The Morgan fingerprint density at radius 2 is 1.86 bits per heavy atom. The summed E-state index contributed by atoms with van der Waals surface area (Å²) in [7, 11) is -3.36. The fraction of sp³-hybridized carbons (Fsp3) is 0.150. The topological polar surface area (TPSA) is 118 Å². The van der Waals surface area contributed by atoms with E-state index in [9.17, 15) is 13.2 Å². The number of aromatic nitrogens is 3. The number of nitrogens with zero attached hydrogens (tertiary/aromatic N) is 2. The van der Waals surface area contributed by atoms with Gasteiger partial charge in [-0.15, -0.1) is 0 Å². The van der Waals surface area contributed by atoms with Crippen molar-refractivity contribution in [2.45, 2.75) is 12.7 Å². The Balaban J connectivity index is 1.63. The van der Waals surface area contributed by atoms with Gasteiger partial charge in [-0.25, -0.2) is 13.4 Å². The molecule has 29 heavy (non-hydrogen) atoms. The number of para-hydroxylation sites is 1. The van der Waals surface area contributed by atoms with E-state index in [1.54, 1.807) is 48.5 Å². The Morgan fingerprint density at radius 1 is 1.14 bits per heavy atom. The summed E-state index contributed by atoms with van der Waals surface area (Å²) in [5.74, 6) is 0.469. The number of rotatable bonds is 5. The van der Waals surface area contributed by atoms with Gasteiger partial charge in [0, 0.05) is 28.5 Å². The highest BCUT2D eigenvalue weighted by atomic mass is 32.2. The minimum absolute atomic E-state index is 0.00899. The van der Waals surface area contributed by atoms with Crippen molar-refractivity contribution >= 4 is 32.4 Å². The number of carbonyl (C=O) groups is 1. The van der Waals surface area contributed by atoms with Gasteiger partial charge in [0.25, 0.3) is 5.91 Å². The summed E-state index contributed by atoms with van der Waals surface area (Å²) in [6, 6.07) is 14.0. The number of fused-ring (bicyclic) bond motifs is 1. The SMILES string of the molecule is Cc1nc(-c2ccc(NC(=O)c3oc4ccccc4c3CS(C)(=O)=O)cc2)n[nH]1. The molecule has 8 nitrogen and oxygen atoms in total. The second-order valence-electron chi connectivity index (χ2n) is 6.75. The summed E-state index contributed by atoms with van der Waals surface area (Å²) in [5.41, 5.74) is 2.16. The molecular formula is C20H18N4O4S. The van der Waals surface area contributed by atoms with Crippen molar-refractivity contribution in [3.8, 4) is 11.4 Å². The van der Waals surface area contributed by atoms with Crippen molar-refractivity contribution in [3.63, 3.8) is 0 Å². The van der Waals surface area contributed by atoms with Gasteiger partial charge in [0.05, 0.1) is 5.75 Å². The number of aromatic amines is 1. The lowest BCUT2D eigenvalue weighted by atomic mass is 10.1. The van der Waals surface area contributed by atoms with E-state index >= 15 is 0 Å². The summed E-state index contributed by atoms with van der Waals surface area (Å²) in [4.78, 5) is 17.1. The van der Waals surface area contributed by atoms with Gasteiger partial charge in [-0.2, -0.15) is 5.10 Å². The Bertz CT molecular complexity index is 1300. The van der Waals surface area contributed by atoms with Crippen molar-refractivity contribution < 1.29 is 17.6 Å². The van der Waals surface area contributed by atoms with Crippen molar-refractivity contribution in [2.75, 3.05) is 11.6 Å². The van der Waals surface area contributed by atoms with Crippen LogP contribution < -0.4 is 5.32 Å². The van der Waals surface area contributed by atoms with Crippen LogP contribution in [-0.2, 0) is 15.6 Å². The van der Waals surface area contributed by atoms with Gasteiger partial charge < -0.3 is 9.73 Å². The first-order valence-electron chi connectivity index (χ1n) is 8.79. The minimum atomic E-state index is -3.36. The van der Waals surface area contributed by atoms with Crippen LogP contribution >= 0.6 is 0 Å². The number of hydrogen-bond donors (Lipinski definition) is 2. The molecule has 0 aliphatic heterocycles. The normalized spacial score (nSPS) is 11.7. The van der Waals surface area contributed by atoms with E-state index in [1.807, 2.05) is 6.92 Å². The third kappa shape index (κ3) is 4.04. The molecule has 0 fully saturated rings. The molecule has 0 unspecified atom stereocenters. The zero-order valence-electron chi connectivity index (χ0n) is 15.8. The molecule has 0 aliphatic carbocycles. The lowest BCUT2D eigenvalue weighted by Gasteiger charge is -2.06. The van der Waals surface area contributed by atoms with Crippen LogP contribution in [0.2, 0.25) is 0 Å². The van der Waals surface area contributed by atoms with E-state index < -0.39 is 15.7 Å². The van der Waals surface area contributed by atoms with Crippen molar-refractivity contribution in [3.05, 3.63) is 65.7 Å². The number of H-pyrrole nitrogens is 1. The van der Waals surface area contributed by atoms with Gasteiger partial charge in [-0.1, -0.05) is 18.2 Å². The molecule has 0 atom stereocenters. The van der Waals surface area contributed by atoms with Crippen LogP contribution in [0.15, 0.2) is 52.9 Å². The first kappa shape index (κ1) is 18.9. The average Bonchev–Trinajstić information content (AvgIpc) is 3.25. The molecule has 2 aromatic heterocycles. The monoisotopic (exact) mass is 410 g/mol. The number of furan rings is 1. The van der Waals surface area contributed by atoms with E-state index in [2.05, 4.69) is 20.5 Å². The Hall–Kier alpha value is -3.46. The van der Waals surface area contributed by atoms with Crippen molar-refractivity contribution in [1.29, 1.82) is 0 Å². The van der Waals surface area contributed by atoms with Gasteiger partial charge >= 0.3 is 0 Å². The van der Waals surface area contributed by atoms with Crippen LogP contribution in [0.25, 0.3) is 22.4 Å². The van der Waals surface area contributed by atoms with Crippen LogP contribution in [0.1, 0.15) is 21.9 Å². The predicted molar refractivity (Wildman–Crippen MR) is 109 cm³/mol. The average molecular weight is 410 g/mol. The summed E-state index contributed by atoms with van der Waals surface area (Å²) >= 11 is 0. The molecule has 0 spiro atoms. The summed E-state index contributed by atoms with van der Waals surface area (Å²) < 4.78 is 29.4. The number of benzene rings is 2. The van der Waals surface area contributed by atoms with Crippen LogP contribution in [0.3, 0.4) is 0 Å². The van der Waals surface area contributed by atoms with Gasteiger partial charge in [0.1, 0.15) is 11.4 Å². The Kier molecular flexibility index (Phi) is 4.67. The maximum Gasteiger partial charge on any atom is 0.291 e. The Labute approximate surface area is 166 Å². The molecule has 0 saturated heterocycles. The van der Waals surface area contributed by atoms with E-state index in [0.29, 0.717) is 33.9 Å². The predicted octanol–water partition coefficient (Wildman–Crippen LogP) is 3.32. The third-order valence-electron chi connectivity index (χ3n) is 4.31. The molecule has 0 radical (unpaired) electrons. The number of aryl methyl sites for hydroxylation is 1. The van der Waals surface area contributed by atoms with E-state index in [4.69, 9.17) is 4.42 Å². The smallest absolute Gasteiger partial charge is 0.291 e. The maximum atomic E-state index is 12.8. The highest BCUT2D eigenvalue weighted by Crippen LogP contribution is 2.28. The van der Waals surface area contributed by atoms with Crippen molar-refractivity contribution in [2.24, 2.45) is 0 Å². The van der Waals surface area contributed by atoms with Crippen LogP contribution in [0.5, 0.6) is 0 Å². The fourth-order valence-electron chi connectivity index (χ4n) is 3.05. The molecule has 2 aromatic carbocycles. The molecule has 4 aromatic rings. The van der Waals surface area contributed by atoms with Gasteiger partial charge in [0.15, 0.2) is 21.4 Å². The van der Waals surface area contributed by atoms with Crippen molar-refractivity contribution in [1.82, 2.24) is 15.2 Å². The molecule has 4 rings (SSSR count). The maximum absolute atomic E-state index is 12.8.